The minimum Gasteiger partial charge on any atom is -0.361 e. The highest BCUT2D eigenvalue weighted by Crippen LogP contribution is 2.48. The van der Waals surface area contributed by atoms with E-state index >= 15 is 0 Å². The Bertz CT molecular complexity index is 609. The van der Waals surface area contributed by atoms with Crippen LogP contribution in [0.4, 0.5) is 5.13 Å². The highest BCUT2D eigenvalue weighted by molar-refractivity contribution is 7.22. The molecule has 0 aliphatic heterocycles. The van der Waals surface area contributed by atoms with Crippen LogP contribution in [-0.2, 0) is 0 Å². The molecule has 2 saturated carbocycles. The third kappa shape index (κ3) is 2.23. The van der Waals surface area contributed by atoms with Crippen LogP contribution in [0.15, 0.2) is 18.2 Å². The summed E-state index contributed by atoms with van der Waals surface area (Å²) in [6.45, 7) is 1.09. The van der Waals surface area contributed by atoms with Crippen molar-refractivity contribution in [3.8, 4) is 0 Å². The van der Waals surface area contributed by atoms with Crippen molar-refractivity contribution >= 4 is 38.3 Å². The molecular weight excluding hydrogens is 276 g/mol. The van der Waals surface area contributed by atoms with Crippen LogP contribution in [-0.4, -0.2) is 11.5 Å². The van der Waals surface area contributed by atoms with Gasteiger partial charge in [0, 0.05) is 11.6 Å². The Morgan fingerprint density at radius 3 is 3.05 bits per heavy atom. The average Bonchev–Trinajstić information content (AvgIpc) is 3.09. The first-order valence-corrected chi connectivity index (χ1v) is 8.27. The molecule has 3 atom stereocenters. The standard InChI is InChI=1S/C15H17ClN2S/c16-12-3-4-14-13(7-12)18-15(19-14)17-8-11-6-9-1-2-10(11)5-9/h3-4,7,9-11H,1-2,5-6,8H2,(H,17,18). The molecule has 0 amide bonds. The molecule has 2 aromatic rings. The number of rotatable bonds is 3. The van der Waals surface area contributed by atoms with Crippen molar-refractivity contribution in [2.75, 3.05) is 11.9 Å². The summed E-state index contributed by atoms with van der Waals surface area (Å²) >= 11 is 7.72. The van der Waals surface area contributed by atoms with Crippen molar-refractivity contribution in [3.63, 3.8) is 0 Å². The van der Waals surface area contributed by atoms with Crippen LogP contribution in [0.25, 0.3) is 10.2 Å². The Labute approximate surface area is 122 Å². The number of halogens is 1. The van der Waals surface area contributed by atoms with Crippen molar-refractivity contribution in [2.45, 2.75) is 25.7 Å². The maximum atomic E-state index is 6.00. The first-order chi connectivity index (χ1) is 9.28. The molecule has 0 saturated heterocycles. The Morgan fingerprint density at radius 1 is 1.32 bits per heavy atom. The fourth-order valence-corrected chi connectivity index (χ4v) is 4.84. The summed E-state index contributed by atoms with van der Waals surface area (Å²) in [5, 5.41) is 5.35. The number of nitrogens with zero attached hydrogens (tertiary/aromatic N) is 1. The monoisotopic (exact) mass is 292 g/mol. The lowest BCUT2D eigenvalue weighted by Crippen LogP contribution is -2.19. The van der Waals surface area contributed by atoms with E-state index in [-0.39, 0.29) is 0 Å². The summed E-state index contributed by atoms with van der Waals surface area (Å²) in [5.41, 5.74) is 1.01. The molecule has 1 N–H and O–H groups in total. The van der Waals surface area contributed by atoms with E-state index in [1.165, 1.54) is 30.4 Å². The number of hydrogen-bond donors (Lipinski definition) is 1. The zero-order valence-corrected chi connectivity index (χ0v) is 12.3. The van der Waals surface area contributed by atoms with Crippen LogP contribution in [0.1, 0.15) is 25.7 Å². The van der Waals surface area contributed by atoms with Crippen LogP contribution < -0.4 is 5.32 Å². The van der Waals surface area contributed by atoms with E-state index in [4.69, 9.17) is 11.6 Å². The molecule has 100 valence electrons. The molecular formula is C15H17ClN2S. The predicted octanol–water partition coefficient (Wildman–Crippen LogP) is 4.80. The topological polar surface area (TPSA) is 24.9 Å². The van der Waals surface area contributed by atoms with Gasteiger partial charge in [0.1, 0.15) is 0 Å². The molecule has 3 unspecified atom stereocenters. The number of nitrogens with one attached hydrogen (secondary N) is 1. The first kappa shape index (κ1) is 12.0. The van der Waals surface area contributed by atoms with E-state index < -0.39 is 0 Å². The molecule has 4 rings (SSSR count). The number of anilines is 1. The molecule has 2 fully saturated rings. The molecule has 19 heavy (non-hydrogen) atoms. The number of aromatic nitrogens is 1. The molecule has 1 aromatic heterocycles. The summed E-state index contributed by atoms with van der Waals surface area (Å²) in [7, 11) is 0. The zero-order valence-electron chi connectivity index (χ0n) is 10.7. The van der Waals surface area contributed by atoms with E-state index in [1.807, 2.05) is 12.1 Å². The first-order valence-electron chi connectivity index (χ1n) is 7.08. The Kier molecular flexibility index (Phi) is 2.92. The van der Waals surface area contributed by atoms with E-state index in [1.54, 1.807) is 11.3 Å². The van der Waals surface area contributed by atoms with Crippen LogP contribution in [0.2, 0.25) is 5.02 Å². The van der Waals surface area contributed by atoms with Gasteiger partial charge in [0.15, 0.2) is 5.13 Å². The normalized spacial score (nSPS) is 29.2. The lowest BCUT2D eigenvalue weighted by Gasteiger charge is -2.21. The summed E-state index contributed by atoms with van der Waals surface area (Å²) in [5.74, 6) is 2.86. The van der Waals surface area contributed by atoms with Crippen LogP contribution >= 0.6 is 22.9 Å². The van der Waals surface area contributed by atoms with E-state index in [0.717, 1.165) is 40.0 Å². The third-order valence-electron chi connectivity index (χ3n) is 4.75. The van der Waals surface area contributed by atoms with Crippen LogP contribution in [0.5, 0.6) is 0 Å². The van der Waals surface area contributed by atoms with Gasteiger partial charge >= 0.3 is 0 Å². The number of benzene rings is 1. The second kappa shape index (κ2) is 4.64. The van der Waals surface area contributed by atoms with Crippen molar-refractivity contribution in [1.29, 1.82) is 0 Å². The Morgan fingerprint density at radius 2 is 2.26 bits per heavy atom. The minimum atomic E-state index is 0.762. The van der Waals surface area contributed by atoms with Gasteiger partial charge in [-0.15, -0.1) is 0 Å². The summed E-state index contributed by atoms with van der Waals surface area (Å²) in [6.07, 6.45) is 5.82. The van der Waals surface area contributed by atoms with Gasteiger partial charge < -0.3 is 5.32 Å². The highest BCUT2D eigenvalue weighted by atomic mass is 35.5. The van der Waals surface area contributed by atoms with Crippen molar-refractivity contribution < 1.29 is 0 Å². The van der Waals surface area contributed by atoms with Gasteiger partial charge in [-0.25, -0.2) is 4.98 Å². The molecule has 0 radical (unpaired) electrons. The van der Waals surface area contributed by atoms with E-state index in [9.17, 15) is 0 Å². The molecule has 0 spiro atoms. The van der Waals surface area contributed by atoms with E-state index in [2.05, 4.69) is 16.4 Å². The molecule has 2 aliphatic carbocycles. The smallest absolute Gasteiger partial charge is 0.183 e. The van der Waals surface area contributed by atoms with Gasteiger partial charge in [-0.1, -0.05) is 29.4 Å². The largest absolute Gasteiger partial charge is 0.361 e. The third-order valence-corrected chi connectivity index (χ3v) is 5.98. The lowest BCUT2D eigenvalue weighted by atomic mass is 9.89. The maximum absolute atomic E-state index is 6.00. The number of fused-ring (bicyclic) bond motifs is 3. The minimum absolute atomic E-state index is 0.762. The summed E-state index contributed by atoms with van der Waals surface area (Å²) < 4.78 is 1.21. The van der Waals surface area contributed by atoms with Gasteiger partial charge in [0.2, 0.25) is 0 Å². The van der Waals surface area contributed by atoms with Gasteiger partial charge in [-0.05, 0) is 55.2 Å². The van der Waals surface area contributed by atoms with E-state index in [0.29, 0.717) is 0 Å². The molecule has 2 bridgehead atoms. The Balaban J connectivity index is 1.46. The average molecular weight is 293 g/mol. The van der Waals surface area contributed by atoms with Crippen molar-refractivity contribution in [3.05, 3.63) is 23.2 Å². The van der Waals surface area contributed by atoms with Gasteiger partial charge in [0.25, 0.3) is 0 Å². The summed E-state index contributed by atoms with van der Waals surface area (Å²) in [4.78, 5) is 4.62. The Hall–Kier alpha value is -0.800. The fourth-order valence-electron chi connectivity index (χ4n) is 3.82. The molecule has 2 aliphatic rings. The van der Waals surface area contributed by atoms with Crippen molar-refractivity contribution in [1.82, 2.24) is 4.98 Å². The SMILES string of the molecule is Clc1ccc2sc(NCC3CC4CCC3C4)nc2c1. The zero-order chi connectivity index (χ0) is 12.8. The maximum Gasteiger partial charge on any atom is 0.183 e. The molecule has 1 aromatic carbocycles. The summed E-state index contributed by atoms with van der Waals surface area (Å²) in [6, 6.07) is 5.93. The highest BCUT2D eigenvalue weighted by Gasteiger charge is 2.39. The second-order valence-corrected chi connectivity index (χ2v) is 7.41. The van der Waals surface area contributed by atoms with Gasteiger partial charge in [-0.3, -0.25) is 0 Å². The van der Waals surface area contributed by atoms with Gasteiger partial charge in [0.05, 0.1) is 10.2 Å². The van der Waals surface area contributed by atoms with Crippen molar-refractivity contribution in [2.24, 2.45) is 17.8 Å². The van der Waals surface area contributed by atoms with Gasteiger partial charge in [-0.2, -0.15) is 0 Å². The molecule has 4 heteroatoms. The van der Waals surface area contributed by atoms with Crippen LogP contribution in [0, 0.1) is 17.8 Å². The number of thiazole rings is 1. The predicted molar refractivity (Wildman–Crippen MR) is 82.1 cm³/mol. The molecule has 1 heterocycles. The second-order valence-electron chi connectivity index (χ2n) is 5.95. The fraction of sp³-hybridized carbons (Fsp3) is 0.533. The lowest BCUT2D eigenvalue weighted by molar-refractivity contribution is 0.348. The quantitative estimate of drug-likeness (QED) is 0.879. The number of hydrogen-bond acceptors (Lipinski definition) is 3. The van der Waals surface area contributed by atoms with Crippen LogP contribution in [0.3, 0.4) is 0 Å². The molecule has 2 nitrogen and oxygen atoms in total.